The van der Waals surface area contributed by atoms with Crippen LogP contribution in [0.3, 0.4) is 0 Å². The number of hydrogen-bond donors (Lipinski definition) is 1. The molecule has 3 unspecified atom stereocenters. The molecule has 1 N–H and O–H groups in total. The van der Waals surface area contributed by atoms with Gasteiger partial charge in [0, 0.05) is 31.2 Å². The van der Waals surface area contributed by atoms with Gasteiger partial charge in [0.15, 0.2) is 0 Å². The van der Waals surface area contributed by atoms with Crippen LogP contribution in [0.2, 0.25) is 0 Å². The van der Waals surface area contributed by atoms with Gasteiger partial charge in [-0.15, -0.1) is 0 Å². The summed E-state index contributed by atoms with van der Waals surface area (Å²) in [4.78, 5) is 5.26. The topological polar surface area (TPSA) is 42.3 Å². The molecule has 1 aliphatic heterocycles. The monoisotopic (exact) mass is 290 g/mol. The Morgan fingerprint density at radius 2 is 2.00 bits per heavy atom. The Balaban J connectivity index is 1.55. The summed E-state index contributed by atoms with van der Waals surface area (Å²) in [5, 5.41) is 13.3. The van der Waals surface area contributed by atoms with Crippen molar-refractivity contribution >= 4 is 0 Å². The molecular weight excluding hydrogens is 260 g/mol. The first-order valence-electron chi connectivity index (χ1n) is 8.86. The zero-order valence-electron chi connectivity index (χ0n) is 13.6. The van der Waals surface area contributed by atoms with Crippen LogP contribution in [0.15, 0.2) is 0 Å². The quantitative estimate of drug-likeness (QED) is 0.812. The van der Waals surface area contributed by atoms with Gasteiger partial charge in [0.05, 0.1) is 6.07 Å². The van der Waals surface area contributed by atoms with E-state index in [1.54, 1.807) is 0 Å². The van der Waals surface area contributed by atoms with Crippen LogP contribution in [0.25, 0.3) is 0 Å². The summed E-state index contributed by atoms with van der Waals surface area (Å²) in [6, 6.07) is 4.59. The first-order chi connectivity index (χ1) is 10.2. The van der Waals surface area contributed by atoms with Crippen LogP contribution in [0, 0.1) is 11.3 Å². The summed E-state index contributed by atoms with van der Waals surface area (Å²) < 4.78 is 0. The van der Waals surface area contributed by atoms with Gasteiger partial charge in [-0.25, -0.2) is 0 Å². The maximum absolute atomic E-state index is 9.63. The van der Waals surface area contributed by atoms with Gasteiger partial charge < -0.3 is 0 Å². The molecule has 0 aromatic heterocycles. The highest BCUT2D eigenvalue weighted by Crippen LogP contribution is 2.37. The first-order valence-corrected chi connectivity index (χ1v) is 8.86. The van der Waals surface area contributed by atoms with Crippen LogP contribution in [0.4, 0.5) is 0 Å². The fraction of sp³-hybridized carbons (Fsp3) is 0.941. The summed E-state index contributed by atoms with van der Waals surface area (Å²) >= 11 is 0. The Kier molecular flexibility index (Phi) is 4.54. The van der Waals surface area contributed by atoms with Gasteiger partial charge in [-0.1, -0.05) is 13.8 Å². The minimum atomic E-state index is -0.223. The molecule has 3 fully saturated rings. The van der Waals surface area contributed by atoms with E-state index in [-0.39, 0.29) is 5.54 Å². The van der Waals surface area contributed by atoms with Crippen molar-refractivity contribution in [3.63, 3.8) is 0 Å². The van der Waals surface area contributed by atoms with Gasteiger partial charge in [-0.2, -0.15) is 5.26 Å². The maximum atomic E-state index is 9.63. The molecule has 3 rings (SSSR count). The van der Waals surface area contributed by atoms with Gasteiger partial charge in [0.2, 0.25) is 0 Å². The van der Waals surface area contributed by atoms with Crippen LogP contribution in [0.5, 0.6) is 0 Å². The van der Waals surface area contributed by atoms with Crippen LogP contribution in [-0.4, -0.2) is 59.6 Å². The maximum Gasteiger partial charge on any atom is 0.108 e. The molecule has 0 aromatic rings. The van der Waals surface area contributed by atoms with Crippen LogP contribution >= 0.6 is 0 Å². The Morgan fingerprint density at radius 3 is 2.62 bits per heavy atom. The fourth-order valence-corrected chi connectivity index (χ4v) is 4.35. The van der Waals surface area contributed by atoms with E-state index in [4.69, 9.17) is 0 Å². The third-order valence-electron chi connectivity index (χ3n) is 5.80. The highest BCUT2D eigenvalue weighted by molar-refractivity contribution is 5.15. The average Bonchev–Trinajstić information content (AvgIpc) is 3.02. The Hall–Kier alpha value is -0.630. The molecule has 4 heteroatoms. The molecule has 2 saturated carbocycles. The molecule has 3 atom stereocenters. The predicted octanol–water partition coefficient (Wildman–Crippen LogP) is 1.97. The standard InChI is InChI=1S/C17H30N4/c1-3-20(4-2)16-8-10-21(12-16)15-7-9-17(11-15,13-18)19-14-5-6-14/h14-16,19H,3-12H2,1-2H3. The van der Waals surface area contributed by atoms with Gasteiger partial charge >= 0.3 is 0 Å². The largest absolute Gasteiger partial charge is 0.300 e. The average molecular weight is 290 g/mol. The SMILES string of the molecule is CCN(CC)C1CCN(C2CCC(C#N)(NC3CC3)C2)C1. The summed E-state index contributed by atoms with van der Waals surface area (Å²) in [7, 11) is 0. The lowest BCUT2D eigenvalue weighted by Gasteiger charge is -2.29. The smallest absolute Gasteiger partial charge is 0.108 e. The van der Waals surface area contributed by atoms with E-state index < -0.39 is 0 Å². The molecule has 2 aliphatic carbocycles. The summed E-state index contributed by atoms with van der Waals surface area (Å²) in [5.41, 5.74) is -0.223. The molecule has 118 valence electrons. The Bertz CT molecular complexity index is 396. The lowest BCUT2D eigenvalue weighted by atomic mass is 9.99. The van der Waals surface area contributed by atoms with Crippen molar-refractivity contribution in [2.45, 2.75) is 76.0 Å². The van der Waals surface area contributed by atoms with E-state index in [1.165, 1.54) is 38.8 Å². The van der Waals surface area contributed by atoms with Crippen molar-refractivity contribution < 1.29 is 0 Å². The molecule has 0 aromatic carbocycles. The van der Waals surface area contributed by atoms with Crippen molar-refractivity contribution in [2.75, 3.05) is 26.2 Å². The zero-order valence-corrected chi connectivity index (χ0v) is 13.6. The van der Waals surface area contributed by atoms with E-state index in [0.717, 1.165) is 32.0 Å². The van der Waals surface area contributed by atoms with Gasteiger partial charge in [0.25, 0.3) is 0 Å². The molecule has 1 saturated heterocycles. The summed E-state index contributed by atoms with van der Waals surface area (Å²) in [6.45, 7) is 9.27. The fourth-order valence-electron chi connectivity index (χ4n) is 4.35. The Labute approximate surface area is 129 Å². The van der Waals surface area contributed by atoms with E-state index >= 15 is 0 Å². The van der Waals surface area contributed by atoms with Crippen molar-refractivity contribution in [1.29, 1.82) is 5.26 Å². The third kappa shape index (κ3) is 3.26. The van der Waals surface area contributed by atoms with Crippen molar-refractivity contribution in [3.05, 3.63) is 0 Å². The van der Waals surface area contributed by atoms with Gasteiger partial charge in [0.1, 0.15) is 5.54 Å². The lowest BCUT2D eigenvalue weighted by molar-refractivity contribution is 0.185. The molecule has 0 bridgehead atoms. The van der Waals surface area contributed by atoms with E-state index in [0.29, 0.717) is 12.1 Å². The predicted molar refractivity (Wildman–Crippen MR) is 85.0 cm³/mol. The van der Waals surface area contributed by atoms with Crippen LogP contribution in [0.1, 0.15) is 52.4 Å². The minimum absolute atomic E-state index is 0.223. The van der Waals surface area contributed by atoms with Crippen LogP contribution in [-0.2, 0) is 0 Å². The molecule has 0 radical (unpaired) electrons. The van der Waals surface area contributed by atoms with Crippen molar-refractivity contribution in [1.82, 2.24) is 15.1 Å². The summed E-state index contributed by atoms with van der Waals surface area (Å²) in [5.74, 6) is 0. The molecule has 1 heterocycles. The van der Waals surface area contributed by atoms with E-state index in [2.05, 4.69) is 35.0 Å². The highest BCUT2D eigenvalue weighted by Gasteiger charge is 2.45. The molecular formula is C17H30N4. The number of likely N-dealkylation sites (tertiary alicyclic amines) is 1. The number of nitrogens with zero attached hydrogens (tertiary/aromatic N) is 3. The first kappa shape index (κ1) is 15.3. The molecule has 4 nitrogen and oxygen atoms in total. The normalized spacial score (nSPS) is 37.2. The van der Waals surface area contributed by atoms with Crippen LogP contribution < -0.4 is 5.32 Å². The number of nitrogens with one attached hydrogen (secondary N) is 1. The molecule has 0 amide bonds. The second-order valence-corrected chi connectivity index (χ2v) is 7.17. The zero-order chi connectivity index (χ0) is 14.9. The number of rotatable bonds is 6. The minimum Gasteiger partial charge on any atom is -0.300 e. The van der Waals surface area contributed by atoms with Crippen molar-refractivity contribution in [2.24, 2.45) is 0 Å². The second kappa shape index (κ2) is 6.24. The summed E-state index contributed by atoms with van der Waals surface area (Å²) in [6.07, 6.45) is 7.10. The lowest BCUT2D eigenvalue weighted by Crippen LogP contribution is -2.45. The van der Waals surface area contributed by atoms with Crippen molar-refractivity contribution in [3.8, 4) is 6.07 Å². The number of hydrogen-bond acceptors (Lipinski definition) is 4. The van der Waals surface area contributed by atoms with E-state index in [1.807, 2.05) is 0 Å². The Morgan fingerprint density at radius 1 is 1.24 bits per heavy atom. The third-order valence-corrected chi connectivity index (χ3v) is 5.80. The second-order valence-electron chi connectivity index (χ2n) is 7.17. The molecule has 3 aliphatic rings. The van der Waals surface area contributed by atoms with Gasteiger partial charge in [-0.3, -0.25) is 15.1 Å². The molecule has 21 heavy (non-hydrogen) atoms. The highest BCUT2D eigenvalue weighted by atomic mass is 15.3. The number of likely N-dealkylation sites (N-methyl/N-ethyl adjacent to an activating group) is 1. The van der Waals surface area contributed by atoms with E-state index in [9.17, 15) is 5.26 Å². The van der Waals surface area contributed by atoms with Gasteiger partial charge in [-0.05, 0) is 51.6 Å². The molecule has 0 spiro atoms. The number of nitriles is 1.